The van der Waals surface area contributed by atoms with Crippen molar-refractivity contribution in [1.29, 1.82) is 5.26 Å². The number of halogens is 1. The highest BCUT2D eigenvalue weighted by molar-refractivity contribution is 5.37. The Kier molecular flexibility index (Phi) is 2.93. The summed E-state index contributed by atoms with van der Waals surface area (Å²) >= 11 is 0. The molecule has 1 aliphatic carbocycles. The van der Waals surface area contributed by atoms with Gasteiger partial charge in [0.1, 0.15) is 5.82 Å². The van der Waals surface area contributed by atoms with Crippen LogP contribution < -0.4 is 5.32 Å². The largest absolute Gasteiger partial charge is 0.312 e. The summed E-state index contributed by atoms with van der Waals surface area (Å²) in [5, 5.41) is 12.2. The van der Waals surface area contributed by atoms with E-state index in [9.17, 15) is 4.39 Å². The molecule has 1 aromatic carbocycles. The van der Waals surface area contributed by atoms with Gasteiger partial charge < -0.3 is 5.32 Å². The highest BCUT2D eigenvalue weighted by Crippen LogP contribution is 2.44. The van der Waals surface area contributed by atoms with Gasteiger partial charge in [-0.25, -0.2) is 4.39 Å². The number of benzene rings is 1. The van der Waals surface area contributed by atoms with Gasteiger partial charge in [-0.2, -0.15) is 5.26 Å². The van der Waals surface area contributed by atoms with Crippen LogP contribution in [0.1, 0.15) is 30.9 Å². The third-order valence-corrected chi connectivity index (χ3v) is 3.16. The summed E-state index contributed by atoms with van der Waals surface area (Å²) in [6, 6.07) is 6.37. The molecule has 0 radical (unpaired) electrons. The Bertz CT molecular complexity index is 430. The van der Waals surface area contributed by atoms with Gasteiger partial charge in [0.25, 0.3) is 0 Å². The van der Waals surface area contributed by atoms with Crippen LogP contribution in [0.5, 0.6) is 0 Å². The Balaban J connectivity index is 1.97. The summed E-state index contributed by atoms with van der Waals surface area (Å²) in [4.78, 5) is 0. The highest BCUT2D eigenvalue weighted by Gasteiger charge is 2.36. The maximum Gasteiger partial charge on any atom is 0.123 e. The zero-order valence-corrected chi connectivity index (χ0v) is 9.39. The quantitative estimate of drug-likeness (QED) is 0.843. The molecule has 0 aromatic heterocycles. The van der Waals surface area contributed by atoms with E-state index in [2.05, 4.69) is 18.3 Å². The molecule has 0 bridgehead atoms. The highest BCUT2D eigenvalue weighted by atomic mass is 19.1. The molecule has 1 aliphatic rings. The molecule has 1 fully saturated rings. The van der Waals surface area contributed by atoms with Gasteiger partial charge in [-0.15, -0.1) is 0 Å². The molecular formula is C13H15FN2. The first-order chi connectivity index (χ1) is 7.63. The molecule has 0 aliphatic heterocycles. The first-order valence-electron chi connectivity index (χ1n) is 5.52. The van der Waals surface area contributed by atoms with Crippen LogP contribution in [0.25, 0.3) is 0 Å². The summed E-state index contributed by atoms with van der Waals surface area (Å²) in [6.07, 6.45) is 2.52. The summed E-state index contributed by atoms with van der Waals surface area (Å²) in [5.41, 5.74) is 1.72. The predicted molar refractivity (Wildman–Crippen MR) is 60.2 cm³/mol. The maximum absolute atomic E-state index is 13.0. The Hall–Kier alpha value is -1.40. The number of rotatable bonds is 4. The van der Waals surface area contributed by atoms with Crippen LogP contribution in [0.3, 0.4) is 0 Å². The molecule has 0 unspecified atom stereocenters. The van der Waals surface area contributed by atoms with Gasteiger partial charge in [0.15, 0.2) is 0 Å². The Labute approximate surface area is 95.1 Å². The normalized spacial score (nSPS) is 16.8. The lowest BCUT2D eigenvalue weighted by molar-refractivity contribution is 0.498. The molecule has 0 heterocycles. The second-order valence-corrected chi connectivity index (χ2v) is 4.83. The summed E-state index contributed by atoms with van der Waals surface area (Å²) in [6.45, 7) is 3.74. The molecule has 0 saturated heterocycles. The van der Waals surface area contributed by atoms with Crippen LogP contribution >= 0.6 is 0 Å². The van der Waals surface area contributed by atoms with Crippen molar-refractivity contribution >= 4 is 0 Å². The van der Waals surface area contributed by atoms with Gasteiger partial charge in [0, 0.05) is 13.1 Å². The number of nitrogens with one attached hydrogen (secondary N) is 1. The zero-order valence-electron chi connectivity index (χ0n) is 9.39. The van der Waals surface area contributed by atoms with Crippen molar-refractivity contribution in [3.8, 4) is 6.07 Å². The molecule has 0 amide bonds. The van der Waals surface area contributed by atoms with Crippen molar-refractivity contribution in [3.63, 3.8) is 0 Å². The van der Waals surface area contributed by atoms with Crippen molar-refractivity contribution in [2.24, 2.45) is 5.41 Å². The van der Waals surface area contributed by atoms with E-state index in [0.717, 1.165) is 12.1 Å². The first kappa shape index (κ1) is 11.1. The predicted octanol–water partition coefficient (Wildman–Crippen LogP) is 2.59. The second kappa shape index (κ2) is 4.23. The van der Waals surface area contributed by atoms with Crippen LogP contribution in [0.2, 0.25) is 0 Å². The van der Waals surface area contributed by atoms with Crippen molar-refractivity contribution in [2.45, 2.75) is 26.3 Å². The van der Waals surface area contributed by atoms with E-state index in [1.807, 2.05) is 0 Å². The average Bonchev–Trinajstić information content (AvgIpc) is 2.97. The molecule has 1 aromatic rings. The number of hydrogen-bond acceptors (Lipinski definition) is 2. The van der Waals surface area contributed by atoms with Gasteiger partial charge in [-0.1, -0.05) is 6.92 Å². The first-order valence-corrected chi connectivity index (χ1v) is 5.52. The molecule has 0 atom stereocenters. The fraction of sp³-hybridized carbons (Fsp3) is 0.462. The van der Waals surface area contributed by atoms with E-state index in [-0.39, 0.29) is 5.82 Å². The molecule has 16 heavy (non-hydrogen) atoms. The van der Waals surface area contributed by atoms with E-state index >= 15 is 0 Å². The number of nitrogens with zero attached hydrogens (tertiary/aromatic N) is 1. The van der Waals surface area contributed by atoms with Crippen LogP contribution in [-0.2, 0) is 6.54 Å². The summed E-state index contributed by atoms with van der Waals surface area (Å²) in [7, 11) is 0. The molecule has 2 rings (SSSR count). The van der Waals surface area contributed by atoms with Gasteiger partial charge in [-0.3, -0.25) is 0 Å². The molecule has 1 saturated carbocycles. The minimum Gasteiger partial charge on any atom is -0.312 e. The minimum atomic E-state index is -0.284. The third kappa shape index (κ3) is 2.59. The van der Waals surface area contributed by atoms with Gasteiger partial charge in [-0.05, 0) is 42.0 Å². The van der Waals surface area contributed by atoms with Gasteiger partial charge >= 0.3 is 0 Å². The lowest BCUT2D eigenvalue weighted by atomic mass is 10.1. The standard InChI is InChI=1S/C13H15FN2/c1-13(4-5-13)9-16-8-11-6-12(14)3-2-10(11)7-15/h2-3,6,16H,4-5,8-9H2,1H3. The Morgan fingerprint density at radius 2 is 2.25 bits per heavy atom. The van der Waals surface area contributed by atoms with Gasteiger partial charge in [0.2, 0.25) is 0 Å². The molecular weight excluding hydrogens is 203 g/mol. The number of hydrogen-bond donors (Lipinski definition) is 1. The maximum atomic E-state index is 13.0. The van der Waals surface area contributed by atoms with Crippen molar-refractivity contribution in [3.05, 3.63) is 35.1 Å². The zero-order chi connectivity index (χ0) is 11.6. The van der Waals surface area contributed by atoms with Crippen molar-refractivity contribution < 1.29 is 4.39 Å². The number of nitriles is 1. The second-order valence-electron chi connectivity index (χ2n) is 4.83. The molecule has 2 nitrogen and oxygen atoms in total. The molecule has 3 heteroatoms. The van der Waals surface area contributed by atoms with E-state index in [4.69, 9.17) is 5.26 Å². The van der Waals surface area contributed by atoms with E-state index < -0.39 is 0 Å². The van der Waals surface area contributed by atoms with Gasteiger partial charge in [0.05, 0.1) is 11.6 Å². The molecule has 1 N–H and O–H groups in total. The molecule has 0 spiro atoms. The summed E-state index contributed by atoms with van der Waals surface area (Å²) in [5.74, 6) is -0.284. The minimum absolute atomic E-state index is 0.284. The van der Waals surface area contributed by atoms with Crippen LogP contribution in [0, 0.1) is 22.6 Å². The van der Waals surface area contributed by atoms with Crippen LogP contribution in [0.4, 0.5) is 4.39 Å². The van der Waals surface area contributed by atoms with E-state index in [0.29, 0.717) is 17.5 Å². The molecule has 84 valence electrons. The fourth-order valence-corrected chi connectivity index (χ4v) is 1.71. The van der Waals surface area contributed by atoms with Crippen LogP contribution in [-0.4, -0.2) is 6.54 Å². The third-order valence-electron chi connectivity index (χ3n) is 3.16. The smallest absolute Gasteiger partial charge is 0.123 e. The average molecular weight is 218 g/mol. The Morgan fingerprint density at radius 3 is 2.88 bits per heavy atom. The lowest BCUT2D eigenvalue weighted by Crippen LogP contribution is -2.22. The fourth-order valence-electron chi connectivity index (χ4n) is 1.71. The summed E-state index contributed by atoms with van der Waals surface area (Å²) < 4.78 is 13.0. The van der Waals surface area contributed by atoms with E-state index in [1.54, 1.807) is 0 Å². The Morgan fingerprint density at radius 1 is 1.50 bits per heavy atom. The topological polar surface area (TPSA) is 35.8 Å². The van der Waals surface area contributed by atoms with Crippen molar-refractivity contribution in [2.75, 3.05) is 6.54 Å². The van der Waals surface area contributed by atoms with Crippen molar-refractivity contribution in [1.82, 2.24) is 5.32 Å². The van der Waals surface area contributed by atoms with Crippen LogP contribution in [0.15, 0.2) is 18.2 Å². The van der Waals surface area contributed by atoms with E-state index in [1.165, 1.54) is 31.0 Å². The SMILES string of the molecule is CC1(CNCc2cc(F)ccc2C#N)CC1. The monoisotopic (exact) mass is 218 g/mol. The lowest BCUT2D eigenvalue weighted by Gasteiger charge is -2.10.